The van der Waals surface area contributed by atoms with Crippen LogP contribution in [-0.4, -0.2) is 71.8 Å². The van der Waals surface area contributed by atoms with Gasteiger partial charge in [-0.3, -0.25) is 9.78 Å². The van der Waals surface area contributed by atoms with Crippen molar-refractivity contribution in [2.24, 2.45) is 5.92 Å². The molecular formula is C24H31F3N4O2. The Bertz CT molecular complexity index is 892. The topological polar surface area (TPSA) is 57.7 Å². The first-order valence-electron chi connectivity index (χ1n) is 11.9. The Kier molecular flexibility index (Phi) is 5.79. The molecule has 180 valence electrons. The van der Waals surface area contributed by atoms with Gasteiger partial charge in [-0.1, -0.05) is 12.6 Å². The summed E-state index contributed by atoms with van der Waals surface area (Å²) in [5, 5.41) is 3.03. The lowest BCUT2D eigenvalue weighted by Crippen LogP contribution is -2.60. The summed E-state index contributed by atoms with van der Waals surface area (Å²) in [4.78, 5) is 20.4. The maximum Gasteiger partial charge on any atom is 0.399 e. The third-order valence-electron chi connectivity index (χ3n) is 7.80. The fourth-order valence-corrected chi connectivity index (χ4v) is 5.50. The maximum atomic E-state index is 13.3. The van der Waals surface area contributed by atoms with E-state index >= 15 is 0 Å². The molecule has 2 atom stereocenters. The Labute approximate surface area is 192 Å². The summed E-state index contributed by atoms with van der Waals surface area (Å²) in [5.74, 6) is 1.42. The Hall–Kier alpha value is -2.29. The highest BCUT2D eigenvalue weighted by Crippen LogP contribution is 2.58. The molecule has 1 aromatic rings. The second-order valence-electron chi connectivity index (χ2n) is 9.94. The van der Waals surface area contributed by atoms with Crippen LogP contribution in [0.15, 0.2) is 30.7 Å². The quantitative estimate of drug-likeness (QED) is 0.726. The van der Waals surface area contributed by atoms with Crippen LogP contribution in [-0.2, 0) is 21.4 Å². The number of hydrogen-bond donors (Lipinski definition) is 1. The number of carbonyl (C=O) groups is 1. The van der Waals surface area contributed by atoms with Gasteiger partial charge in [-0.05, 0) is 56.1 Å². The van der Waals surface area contributed by atoms with Crippen molar-refractivity contribution in [1.29, 1.82) is 0 Å². The first kappa shape index (κ1) is 22.5. The van der Waals surface area contributed by atoms with Gasteiger partial charge in [0.05, 0.1) is 23.7 Å². The standard InChI is InChI=1S/C24H31F3N4O2/c1-16(31-11-6-20-19(14-31)29-22(32)15-33-20)30-9-4-17(5-10-30)12-18-2-3-21(28-13-18)23(7-8-23)24(25,26)27/h2-3,13,17,19-20H,1,4-12,14-15H2,(H,29,32)/t19-,20+/m1/s1. The third-order valence-corrected chi connectivity index (χ3v) is 7.80. The number of pyridine rings is 1. The third kappa shape index (κ3) is 4.44. The van der Waals surface area contributed by atoms with Crippen molar-refractivity contribution in [2.75, 3.05) is 32.8 Å². The number of hydrogen-bond acceptors (Lipinski definition) is 5. The van der Waals surface area contributed by atoms with E-state index in [1.54, 1.807) is 12.3 Å². The average molecular weight is 465 g/mol. The van der Waals surface area contributed by atoms with Gasteiger partial charge in [-0.2, -0.15) is 13.2 Å². The second-order valence-corrected chi connectivity index (χ2v) is 9.94. The van der Waals surface area contributed by atoms with E-state index in [0.29, 0.717) is 12.5 Å². The molecule has 1 amide bonds. The van der Waals surface area contributed by atoms with Crippen LogP contribution in [0.3, 0.4) is 0 Å². The number of fused-ring (bicyclic) bond motifs is 1. The summed E-state index contributed by atoms with van der Waals surface area (Å²) >= 11 is 0. The Morgan fingerprint density at radius 2 is 1.91 bits per heavy atom. The molecule has 1 aromatic heterocycles. The van der Waals surface area contributed by atoms with Crippen molar-refractivity contribution < 1.29 is 22.7 Å². The van der Waals surface area contributed by atoms with E-state index < -0.39 is 11.6 Å². The molecule has 4 heterocycles. The van der Waals surface area contributed by atoms with Gasteiger partial charge in [-0.15, -0.1) is 0 Å². The number of nitrogens with one attached hydrogen (secondary N) is 1. The predicted octanol–water partition coefficient (Wildman–Crippen LogP) is 2.99. The normalized spacial score (nSPS) is 27.7. The summed E-state index contributed by atoms with van der Waals surface area (Å²) in [6, 6.07) is 3.41. The Balaban J connectivity index is 1.11. The van der Waals surface area contributed by atoms with E-state index in [0.717, 1.165) is 56.7 Å². The predicted molar refractivity (Wildman–Crippen MR) is 116 cm³/mol. The molecule has 1 saturated carbocycles. The van der Waals surface area contributed by atoms with Gasteiger partial charge in [-0.25, -0.2) is 0 Å². The zero-order chi connectivity index (χ0) is 23.2. The number of halogens is 3. The van der Waals surface area contributed by atoms with Crippen molar-refractivity contribution in [3.05, 3.63) is 42.0 Å². The molecule has 5 rings (SSSR count). The summed E-state index contributed by atoms with van der Waals surface area (Å²) in [6.07, 6.45) is 1.51. The first-order valence-corrected chi connectivity index (χ1v) is 11.9. The molecule has 3 aliphatic heterocycles. The van der Waals surface area contributed by atoms with Crippen molar-refractivity contribution in [3.63, 3.8) is 0 Å². The Morgan fingerprint density at radius 1 is 1.18 bits per heavy atom. The van der Waals surface area contributed by atoms with Crippen LogP contribution in [0, 0.1) is 5.92 Å². The number of ether oxygens (including phenoxy) is 1. The van der Waals surface area contributed by atoms with Crippen molar-refractivity contribution in [1.82, 2.24) is 20.1 Å². The van der Waals surface area contributed by atoms with Crippen molar-refractivity contribution >= 4 is 5.91 Å². The van der Waals surface area contributed by atoms with E-state index in [1.165, 1.54) is 0 Å². The van der Waals surface area contributed by atoms with Crippen LogP contribution in [0.2, 0.25) is 0 Å². The fourth-order valence-electron chi connectivity index (χ4n) is 5.50. The molecule has 0 aromatic carbocycles. The van der Waals surface area contributed by atoms with Gasteiger partial charge in [0.2, 0.25) is 5.91 Å². The van der Waals surface area contributed by atoms with Gasteiger partial charge in [0.25, 0.3) is 0 Å². The zero-order valence-corrected chi connectivity index (χ0v) is 18.7. The molecule has 4 fully saturated rings. The van der Waals surface area contributed by atoms with E-state index in [4.69, 9.17) is 4.74 Å². The molecule has 0 bridgehead atoms. The lowest BCUT2D eigenvalue weighted by Gasteiger charge is -2.46. The van der Waals surface area contributed by atoms with Gasteiger partial charge >= 0.3 is 6.18 Å². The lowest BCUT2D eigenvalue weighted by atomic mass is 9.90. The summed E-state index contributed by atoms with van der Waals surface area (Å²) in [5.41, 5.74) is -0.546. The molecular weight excluding hydrogens is 433 g/mol. The number of carbonyl (C=O) groups excluding carboxylic acids is 1. The van der Waals surface area contributed by atoms with E-state index in [2.05, 4.69) is 26.7 Å². The molecule has 1 N–H and O–H groups in total. The second kappa shape index (κ2) is 8.49. The molecule has 4 aliphatic rings. The molecule has 0 radical (unpaired) electrons. The van der Waals surface area contributed by atoms with Crippen LogP contribution >= 0.6 is 0 Å². The highest BCUT2D eigenvalue weighted by molar-refractivity contribution is 5.78. The van der Waals surface area contributed by atoms with Gasteiger partial charge in [0.15, 0.2) is 0 Å². The van der Waals surface area contributed by atoms with Crippen LogP contribution in [0.1, 0.15) is 43.4 Å². The molecule has 1 aliphatic carbocycles. The number of aromatic nitrogens is 1. The number of piperidine rings is 2. The minimum Gasteiger partial charge on any atom is -0.366 e. The number of rotatable bonds is 5. The SMILES string of the molecule is C=C(N1CCC(Cc2ccc(C3(C(F)(F)F)CC3)nc2)CC1)N1CC[C@@H]2OCC(=O)N[C@@H]2C1. The highest BCUT2D eigenvalue weighted by atomic mass is 19.4. The van der Waals surface area contributed by atoms with Crippen molar-refractivity contribution in [2.45, 2.75) is 62.3 Å². The lowest BCUT2D eigenvalue weighted by molar-refractivity contribution is -0.161. The monoisotopic (exact) mass is 464 g/mol. The van der Waals surface area contributed by atoms with Crippen LogP contribution in [0.4, 0.5) is 13.2 Å². The zero-order valence-electron chi connectivity index (χ0n) is 18.7. The molecule has 9 heteroatoms. The molecule has 3 saturated heterocycles. The number of alkyl halides is 3. The van der Waals surface area contributed by atoms with Gasteiger partial charge in [0, 0.05) is 32.4 Å². The Morgan fingerprint density at radius 3 is 2.55 bits per heavy atom. The van der Waals surface area contributed by atoms with Crippen LogP contribution in [0.25, 0.3) is 0 Å². The van der Waals surface area contributed by atoms with Crippen LogP contribution in [0.5, 0.6) is 0 Å². The first-order chi connectivity index (χ1) is 15.7. The largest absolute Gasteiger partial charge is 0.399 e. The van der Waals surface area contributed by atoms with E-state index in [9.17, 15) is 18.0 Å². The molecule has 6 nitrogen and oxygen atoms in total. The summed E-state index contributed by atoms with van der Waals surface area (Å²) in [6.45, 7) is 7.86. The smallest absolute Gasteiger partial charge is 0.366 e. The fraction of sp³-hybridized carbons (Fsp3) is 0.667. The molecule has 0 spiro atoms. The molecule has 0 unspecified atom stereocenters. The highest BCUT2D eigenvalue weighted by Gasteiger charge is 2.65. The van der Waals surface area contributed by atoms with E-state index in [-0.39, 0.29) is 43.2 Å². The summed E-state index contributed by atoms with van der Waals surface area (Å²) in [7, 11) is 0. The van der Waals surface area contributed by atoms with Crippen molar-refractivity contribution in [3.8, 4) is 0 Å². The van der Waals surface area contributed by atoms with Gasteiger partial charge < -0.3 is 19.9 Å². The van der Waals surface area contributed by atoms with Crippen LogP contribution < -0.4 is 5.32 Å². The molecule has 33 heavy (non-hydrogen) atoms. The number of morpholine rings is 1. The maximum absolute atomic E-state index is 13.3. The minimum absolute atomic E-state index is 0.0110. The number of amides is 1. The number of likely N-dealkylation sites (tertiary alicyclic amines) is 2. The minimum atomic E-state index is -4.22. The van der Waals surface area contributed by atoms with Gasteiger partial charge in [0.1, 0.15) is 12.0 Å². The summed E-state index contributed by atoms with van der Waals surface area (Å²) < 4.78 is 45.6. The number of nitrogens with zero attached hydrogens (tertiary/aromatic N) is 3. The van der Waals surface area contributed by atoms with E-state index in [1.807, 2.05) is 6.07 Å². The average Bonchev–Trinajstić information content (AvgIpc) is 3.61.